The summed E-state index contributed by atoms with van der Waals surface area (Å²) in [5, 5.41) is 3.91. The van der Waals surface area contributed by atoms with Crippen LogP contribution in [0.3, 0.4) is 0 Å². The third-order valence-corrected chi connectivity index (χ3v) is 5.08. The lowest BCUT2D eigenvalue weighted by Gasteiger charge is -2.38. The van der Waals surface area contributed by atoms with Gasteiger partial charge in [0.05, 0.1) is 11.8 Å². The zero-order chi connectivity index (χ0) is 18.0. The van der Waals surface area contributed by atoms with Crippen LogP contribution in [0.4, 0.5) is 0 Å². The maximum absolute atomic E-state index is 12.9. The van der Waals surface area contributed by atoms with Gasteiger partial charge in [0, 0.05) is 26.1 Å². The predicted molar refractivity (Wildman–Crippen MR) is 95.7 cm³/mol. The largest absolute Gasteiger partial charge is 0.381 e. The molecule has 0 N–H and O–H groups in total. The first-order chi connectivity index (χ1) is 12.0. The molecular formula is C20H26N2O3. The van der Waals surface area contributed by atoms with E-state index < -0.39 is 0 Å². The van der Waals surface area contributed by atoms with Gasteiger partial charge in [-0.3, -0.25) is 4.79 Å². The van der Waals surface area contributed by atoms with E-state index in [1.165, 1.54) is 11.1 Å². The van der Waals surface area contributed by atoms with Crippen LogP contribution in [-0.4, -0.2) is 42.3 Å². The van der Waals surface area contributed by atoms with Crippen molar-refractivity contribution in [3.05, 3.63) is 52.4 Å². The zero-order valence-corrected chi connectivity index (χ0v) is 15.4. The molecule has 3 rings (SSSR count). The number of amides is 1. The summed E-state index contributed by atoms with van der Waals surface area (Å²) in [5.74, 6) is 0.886. The van der Waals surface area contributed by atoms with Gasteiger partial charge in [-0.2, -0.15) is 0 Å². The third-order valence-electron chi connectivity index (χ3n) is 5.08. The van der Waals surface area contributed by atoms with E-state index in [0.29, 0.717) is 30.1 Å². The summed E-state index contributed by atoms with van der Waals surface area (Å²) >= 11 is 0. The van der Waals surface area contributed by atoms with E-state index in [4.69, 9.17) is 9.26 Å². The fourth-order valence-corrected chi connectivity index (χ4v) is 3.79. The molecule has 5 nitrogen and oxygen atoms in total. The number of rotatable bonds is 4. The summed E-state index contributed by atoms with van der Waals surface area (Å²) in [6.45, 7) is 7.10. The van der Waals surface area contributed by atoms with Crippen LogP contribution in [-0.2, 0) is 11.2 Å². The maximum atomic E-state index is 12.9. The number of hydrogen-bond donors (Lipinski definition) is 0. The van der Waals surface area contributed by atoms with E-state index in [2.05, 4.69) is 36.3 Å². The molecule has 1 amide bonds. The molecule has 0 aliphatic carbocycles. The van der Waals surface area contributed by atoms with Crippen molar-refractivity contribution in [3.63, 3.8) is 0 Å². The summed E-state index contributed by atoms with van der Waals surface area (Å²) in [6, 6.07) is 8.55. The molecule has 1 aromatic carbocycles. The Morgan fingerprint density at radius 3 is 2.80 bits per heavy atom. The van der Waals surface area contributed by atoms with Gasteiger partial charge in [0.25, 0.3) is 5.91 Å². The van der Waals surface area contributed by atoms with Crippen molar-refractivity contribution in [2.75, 3.05) is 20.2 Å². The van der Waals surface area contributed by atoms with Gasteiger partial charge in [-0.15, -0.1) is 0 Å². The molecule has 2 aromatic rings. The van der Waals surface area contributed by atoms with Crippen LogP contribution in [0.1, 0.15) is 39.4 Å². The van der Waals surface area contributed by atoms with Crippen LogP contribution < -0.4 is 0 Å². The van der Waals surface area contributed by atoms with Gasteiger partial charge in [0.2, 0.25) is 0 Å². The Balaban J connectivity index is 1.77. The summed E-state index contributed by atoms with van der Waals surface area (Å²) < 4.78 is 10.9. The van der Waals surface area contributed by atoms with E-state index in [1.54, 1.807) is 14.0 Å². The molecule has 25 heavy (non-hydrogen) atoms. The van der Waals surface area contributed by atoms with Gasteiger partial charge in [-0.1, -0.05) is 35.0 Å². The lowest BCUT2D eigenvalue weighted by molar-refractivity contribution is -0.00306. The molecule has 2 heterocycles. The highest BCUT2D eigenvalue weighted by molar-refractivity contribution is 5.96. The zero-order valence-electron chi connectivity index (χ0n) is 15.4. The van der Waals surface area contributed by atoms with E-state index in [1.807, 2.05) is 11.8 Å². The van der Waals surface area contributed by atoms with E-state index in [0.717, 1.165) is 12.8 Å². The smallest absolute Gasteiger partial charge is 0.259 e. The molecule has 1 aromatic heterocycles. The first-order valence-corrected chi connectivity index (χ1v) is 8.80. The Bertz CT molecular complexity index is 734. The molecule has 0 saturated carbocycles. The van der Waals surface area contributed by atoms with Gasteiger partial charge in [-0.05, 0) is 39.2 Å². The second kappa shape index (κ2) is 7.40. The Morgan fingerprint density at radius 2 is 2.16 bits per heavy atom. The van der Waals surface area contributed by atoms with Gasteiger partial charge in [0.15, 0.2) is 0 Å². The minimum absolute atomic E-state index is 0.0139. The molecular weight excluding hydrogens is 316 g/mol. The minimum atomic E-state index is 0.0139. The maximum Gasteiger partial charge on any atom is 0.259 e. The summed E-state index contributed by atoms with van der Waals surface area (Å²) in [4.78, 5) is 14.9. The number of methoxy groups -OCH3 is 1. The van der Waals surface area contributed by atoms with Gasteiger partial charge in [0.1, 0.15) is 11.3 Å². The average molecular weight is 342 g/mol. The SMILES string of the molecule is CO[C@@H]1CCN(C(=O)c2c(C)noc2C)C[C@@H]1Cc1cccc(C)c1. The molecule has 0 unspecified atom stereocenters. The summed E-state index contributed by atoms with van der Waals surface area (Å²) in [5.41, 5.74) is 3.81. The van der Waals surface area contributed by atoms with Crippen molar-refractivity contribution >= 4 is 5.91 Å². The van der Waals surface area contributed by atoms with E-state index in [-0.39, 0.29) is 17.9 Å². The predicted octanol–water partition coefficient (Wildman–Crippen LogP) is 3.32. The topological polar surface area (TPSA) is 55.6 Å². The lowest BCUT2D eigenvalue weighted by Crippen LogP contribution is -2.47. The second-order valence-corrected chi connectivity index (χ2v) is 6.97. The number of carbonyl (C=O) groups is 1. The third kappa shape index (κ3) is 3.76. The van der Waals surface area contributed by atoms with Crippen LogP contribution in [0.2, 0.25) is 0 Å². The number of ether oxygens (including phenoxy) is 1. The van der Waals surface area contributed by atoms with Crippen molar-refractivity contribution in [1.29, 1.82) is 0 Å². The highest BCUT2D eigenvalue weighted by Crippen LogP contribution is 2.26. The van der Waals surface area contributed by atoms with Crippen molar-refractivity contribution < 1.29 is 14.1 Å². The fraction of sp³-hybridized carbons (Fsp3) is 0.500. The number of carbonyl (C=O) groups excluding carboxylic acids is 1. The highest BCUT2D eigenvalue weighted by Gasteiger charge is 2.33. The standard InChI is InChI=1S/C20H26N2O3/c1-13-6-5-7-16(10-13)11-17-12-22(9-8-18(17)24-4)20(23)19-14(2)21-25-15(19)3/h5-7,10,17-18H,8-9,11-12H2,1-4H3/t17-,18+/m0/s1. The first kappa shape index (κ1) is 17.7. The first-order valence-electron chi connectivity index (χ1n) is 8.80. The number of nitrogens with zero attached hydrogens (tertiary/aromatic N) is 2. The number of piperidine rings is 1. The lowest BCUT2D eigenvalue weighted by atomic mass is 9.88. The quantitative estimate of drug-likeness (QED) is 0.855. The number of aryl methyl sites for hydroxylation is 3. The monoisotopic (exact) mass is 342 g/mol. The Hall–Kier alpha value is -2.14. The van der Waals surface area contributed by atoms with Crippen LogP contribution in [0, 0.1) is 26.7 Å². The molecule has 1 fully saturated rings. The molecule has 1 aliphatic rings. The fourth-order valence-electron chi connectivity index (χ4n) is 3.79. The van der Waals surface area contributed by atoms with Crippen molar-refractivity contribution in [2.45, 2.75) is 39.7 Å². The number of likely N-dealkylation sites (tertiary alicyclic amines) is 1. The van der Waals surface area contributed by atoms with Crippen LogP contribution in [0.25, 0.3) is 0 Å². The van der Waals surface area contributed by atoms with Gasteiger partial charge < -0.3 is 14.2 Å². The minimum Gasteiger partial charge on any atom is -0.381 e. The molecule has 0 spiro atoms. The molecule has 5 heteroatoms. The van der Waals surface area contributed by atoms with Crippen LogP contribution >= 0.6 is 0 Å². The Kier molecular flexibility index (Phi) is 5.23. The normalized spacial score (nSPS) is 20.7. The van der Waals surface area contributed by atoms with E-state index >= 15 is 0 Å². The highest BCUT2D eigenvalue weighted by atomic mass is 16.5. The van der Waals surface area contributed by atoms with Crippen molar-refractivity contribution in [3.8, 4) is 0 Å². The summed E-state index contributed by atoms with van der Waals surface area (Å²) in [7, 11) is 1.76. The number of aromatic nitrogens is 1. The second-order valence-electron chi connectivity index (χ2n) is 6.97. The molecule has 0 bridgehead atoms. The summed E-state index contributed by atoms with van der Waals surface area (Å²) in [6.07, 6.45) is 1.93. The Labute approximate surface area is 148 Å². The van der Waals surface area contributed by atoms with Gasteiger partial charge >= 0.3 is 0 Å². The molecule has 2 atom stereocenters. The number of benzene rings is 1. The molecule has 1 saturated heterocycles. The van der Waals surface area contributed by atoms with Crippen LogP contribution in [0.15, 0.2) is 28.8 Å². The van der Waals surface area contributed by atoms with Crippen molar-refractivity contribution in [2.24, 2.45) is 5.92 Å². The Morgan fingerprint density at radius 1 is 1.36 bits per heavy atom. The molecule has 0 radical (unpaired) electrons. The van der Waals surface area contributed by atoms with Gasteiger partial charge in [-0.25, -0.2) is 0 Å². The molecule has 134 valence electrons. The van der Waals surface area contributed by atoms with Crippen molar-refractivity contribution in [1.82, 2.24) is 10.1 Å². The number of hydrogen-bond acceptors (Lipinski definition) is 4. The molecule has 1 aliphatic heterocycles. The van der Waals surface area contributed by atoms with Crippen LogP contribution in [0.5, 0.6) is 0 Å². The average Bonchev–Trinajstić information content (AvgIpc) is 2.93. The van der Waals surface area contributed by atoms with E-state index in [9.17, 15) is 4.79 Å².